The third-order valence-corrected chi connectivity index (χ3v) is 4.57. The van der Waals surface area contributed by atoms with Gasteiger partial charge in [-0.1, -0.05) is 30.3 Å². The number of hydrogen-bond acceptors (Lipinski definition) is 5. The number of hydrogen-bond donors (Lipinski definition) is 1. The van der Waals surface area contributed by atoms with Crippen LogP contribution in [0.4, 0.5) is 11.5 Å². The summed E-state index contributed by atoms with van der Waals surface area (Å²) >= 11 is 0. The van der Waals surface area contributed by atoms with E-state index in [0.717, 1.165) is 18.8 Å². The normalized spacial score (nSPS) is 10.3. The summed E-state index contributed by atoms with van der Waals surface area (Å²) in [6, 6.07) is 19.1. The van der Waals surface area contributed by atoms with Gasteiger partial charge in [0.05, 0.1) is 26.1 Å². The molecule has 0 saturated carbocycles. The van der Waals surface area contributed by atoms with Crippen molar-refractivity contribution in [1.29, 1.82) is 0 Å². The zero-order valence-corrected chi connectivity index (χ0v) is 16.9. The van der Waals surface area contributed by atoms with E-state index < -0.39 is 0 Å². The number of benzene rings is 2. The highest BCUT2D eigenvalue weighted by Crippen LogP contribution is 2.23. The van der Waals surface area contributed by atoms with E-state index in [1.54, 1.807) is 44.7 Å². The number of nitrogens with one attached hydrogen (secondary N) is 1. The quantitative estimate of drug-likeness (QED) is 0.617. The molecule has 1 N–H and O–H groups in total. The van der Waals surface area contributed by atoms with Crippen LogP contribution in [-0.4, -0.2) is 31.7 Å². The van der Waals surface area contributed by atoms with Crippen LogP contribution in [0.1, 0.15) is 22.8 Å². The highest BCUT2D eigenvalue weighted by molar-refractivity contribution is 6.04. The van der Waals surface area contributed by atoms with Crippen LogP contribution < -0.4 is 19.7 Å². The van der Waals surface area contributed by atoms with Crippen molar-refractivity contribution in [1.82, 2.24) is 4.98 Å². The number of nitrogens with zero attached hydrogens (tertiary/aromatic N) is 2. The first-order valence-corrected chi connectivity index (χ1v) is 9.42. The second-order valence-corrected chi connectivity index (χ2v) is 6.46. The van der Waals surface area contributed by atoms with Gasteiger partial charge in [-0.2, -0.15) is 0 Å². The standard InChI is InChI=1S/C23H25N3O3/c1-4-26(16-17-8-6-5-7-9-17)19-10-11-22(24-15-19)25-23(27)18-12-20(28-2)14-21(13-18)29-3/h5-15H,4,16H2,1-3H3,(H,24,25,27). The smallest absolute Gasteiger partial charge is 0.257 e. The lowest BCUT2D eigenvalue weighted by Gasteiger charge is -2.23. The minimum absolute atomic E-state index is 0.279. The molecule has 3 aromatic rings. The molecule has 2 aromatic carbocycles. The first-order valence-electron chi connectivity index (χ1n) is 9.42. The molecule has 0 aliphatic heterocycles. The molecular formula is C23H25N3O3. The Morgan fingerprint density at radius 2 is 1.69 bits per heavy atom. The van der Waals surface area contributed by atoms with Crippen LogP contribution in [0.3, 0.4) is 0 Å². The maximum atomic E-state index is 12.6. The fourth-order valence-corrected chi connectivity index (χ4v) is 2.96. The van der Waals surface area contributed by atoms with E-state index in [9.17, 15) is 4.79 Å². The van der Waals surface area contributed by atoms with Gasteiger partial charge in [0.1, 0.15) is 17.3 Å². The Balaban J connectivity index is 1.70. The monoisotopic (exact) mass is 391 g/mol. The molecule has 0 saturated heterocycles. The first kappa shape index (κ1) is 20.2. The minimum Gasteiger partial charge on any atom is -0.497 e. The van der Waals surface area contributed by atoms with Gasteiger partial charge < -0.3 is 19.7 Å². The van der Waals surface area contributed by atoms with E-state index in [4.69, 9.17) is 9.47 Å². The third kappa shape index (κ3) is 5.25. The zero-order chi connectivity index (χ0) is 20.6. The Hall–Kier alpha value is -3.54. The molecule has 1 aromatic heterocycles. The number of ether oxygens (including phenoxy) is 2. The lowest BCUT2D eigenvalue weighted by atomic mass is 10.2. The molecule has 150 valence electrons. The summed E-state index contributed by atoms with van der Waals surface area (Å²) in [7, 11) is 3.09. The molecule has 0 radical (unpaired) electrons. The maximum Gasteiger partial charge on any atom is 0.257 e. The van der Waals surface area contributed by atoms with Gasteiger partial charge in [0.2, 0.25) is 0 Å². The van der Waals surface area contributed by atoms with Crippen LogP contribution >= 0.6 is 0 Å². The largest absolute Gasteiger partial charge is 0.497 e. The van der Waals surface area contributed by atoms with Crippen LogP contribution in [0.5, 0.6) is 11.5 Å². The number of aromatic nitrogens is 1. The molecular weight excluding hydrogens is 366 g/mol. The van der Waals surface area contributed by atoms with Crippen molar-refractivity contribution in [2.45, 2.75) is 13.5 Å². The van der Waals surface area contributed by atoms with Gasteiger partial charge in [-0.15, -0.1) is 0 Å². The molecule has 0 unspecified atom stereocenters. The minimum atomic E-state index is -0.279. The Bertz CT molecular complexity index is 921. The van der Waals surface area contributed by atoms with E-state index in [0.29, 0.717) is 22.9 Å². The third-order valence-electron chi connectivity index (χ3n) is 4.57. The number of carbonyl (C=O) groups is 1. The van der Waals surface area contributed by atoms with Gasteiger partial charge in [-0.3, -0.25) is 4.79 Å². The molecule has 3 rings (SSSR count). The number of carbonyl (C=O) groups excluding carboxylic acids is 1. The van der Waals surface area contributed by atoms with Crippen molar-refractivity contribution in [3.8, 4) is 11.5 Å². The van der Waals surface area contributed by atoms with Crippen LogP contribution in [0.2, 0.25) is 0 Å². The Morgan fingerprint density at radius 1 is 1.00 bits per heavy atom. The van der Waals surface area contributed by atoms with Crippen molar-refractivity contribution in [3.05, 3.63) is 78.0 Å². The zero-order valence-electron chi connectivity index (χ0n) is 16.9. The van der Waals surface area contributed by atoms with Gasteiger partial charge in [0, 0.05) is 24.7 Å². The molecule has 6 nitrogen and oxygen atoms in total. The number of rotatable bonds is 8. The van der Waals surface area contributed by atoms with Crippen LogP contribution in [-0.2, 0) is 6.54 Å². The van der Waals surface area contributed by atoms with Crippen molar-refractivity contribution in [2.24, 2.45) is 0 Å². The molecule has 0 fully saturated rings. The molecule has 1 heterocycles. The first-order chi connectivity index (χ1) is 14.1. The van der Waals surface area contributed by atoms with Crippen molar-refractivity contribution >= 4 is 17.4 Å². The number of methoxy groups -OCH3 is 2. The van der Waals surface area contributed by atoms with Gasteiger partial charge in [0.15, 0.2) is 0 Å². The Morgan fingerprint density at radius 3 is 2.24 bits per heavy atom. The lowest BCUT2D eigenvalue weighted by Crippen LogP contribution is -2.22. The van der Waals surface area contributed by atoms with E-state index in [2.05, 4.69) is 34.3 Å². The molecule has 1 amide bonds. The van der Waals surface area contributed by atoms with Crippen molar-refractivity contribution in [2.75, 3.05) is 31.0 Å². The average Bonchev–Trinajstić information content (AvgIpc) is 2.78. The highest BCUT2D eigenvalue weighted by Gasteiger charge is 2.12. The predicted molar refractivity (Wildman–Crippen MR) is 115 cm³/mol. The van der Waals surface area contributed by atoms with Gasteiger partial charge in [-0.05, 0) is 36.8 Å². The second-order valence-electron chi connectivity index (χ2n) is 6.46. The van der Waals surface area contributed by atoms with Crippen molar-refractivity contribution in [3.63, 3.8) is 0 Å². The van der Waals surface area contributed by atoms with Crippen LogP contribution in [0.15, 0.2) is 66.9 Å². The summed E-state index contributed by atoms with van der Waals surface area (Å²) in [6.07, 6.45) is 1.77. The van der Waals surface area contributed by atoms with Gasteiger partial charge >= 0.3 is 0 Å². The fraction of sp³-hybridized carbons (Fsp3) is 0.217. The summed E-state index contributed by atoms with van der Waals surface area (Å²) < 4.78 is 10.4. The molecule has 0 aliphatic rings. The average molecular weight is 391 g/mol. The highest BCUT2D eigenvalue weighted by atomic mass is 16.5. The van der Waals surface area contributed by atoms with Crippen LogP contribution in [0.25, 0.3) is 0 Å². The fourth-order valence-electron chi connectivity index (χ4n) is 2.96. The summed E-state index contributed by atoms with van der Waals surface area (Å²) in [4.78, 5) is 19.2. The molecule has 0 aliphatic carbocycles. The van der Waals surface area contributed by atoms with Crippen LogP contribution in [0, 0.1) is 0 Å². The molecule has 0 spiro atoms. The molecule has 6 heteroatoms. The summed E-state index contributed by atoms with van der Waals surface area (Å²) in [5.74, 6) is 1.31. The summed E-state index contributed by atoms with van der Waals surface area (Å²) in [6.45, 7) is 3.76. The Kier molecular flexibility index (Phi) is 6.68. The topological polar surface area (TPSA) is 63.7 Å². The number of amides is 1. The summed E-state index contributed by atoms with van der Waals surface area (Å²) in [5, 5.41) is 2.82. The van der Waals surface area contributed by atoms with E-state index in [1.807, 2.05) is 24.3 Å². The molecule has 0 bridgehead atoms. The number of pyridine rings is 1. The SMILES string of the molecule is CCN(Cc1ccccc1)c1ccc(NC(=O)c2cc(OC)cc(OC)c2)nc1. The second kappa shape index (κ2) is 9.59. The van der Waals surface area contributed by atoms with Crippen molar-refractivity contribution < 1.29 is 14.3 Å². The van der Waals surface area contributed by atoms with E-state index >= 15 is 0 Å². The van der Waals surface area contributed by atoms with E-state index in [-0.39, 0.29) is 5.91 Å². The predicted octanol–water partition coefficient (Wildman–Crippen LogP) is 4.38. The molecule has 29 heavy (non-hydrogen) atoms. The van der Waals surface area contributed by atoms with E-state index in [1.165, 1.54) is 5.56 Å². The van der Waals surface area contributed by atoms with Gasteiger partial charge in [0.25, 0.3) is 5.91 Å². The summed E-state index contributed by atoms with van der Waals surface area (Å²) in [5.41, 5.74) is 2.67. The Labute approximate surface area is 171 Å². The lowest BCUT2D eigenvalue weighted by molar-refractivity contribution is 0.102. The molecule has 0 atom stereocenters. The maximum absolute atomic E-state index is 12.6. The van der Waals surface area contributed by atoms with Gasteiger partial charge in [-0.25, -0.2) is 4.98 Å². The number of anilines is 2.